The number of hydrogen-bond acceptors (Lipinski definition) is 9. The molecule has 10 heteroatoms. The highest BCUT2D eigenvalue weighted by Gasteiger charge is 2.44. The van der Waals surface area contributed by atoms with E-state index < -0.39 is 11.5 Å². The van der Waals surface area contributed by atoms with Crippen molar-refractivity contribution in [2.45, 2.75) is 38.2 Å². The number of carbonyl (C=O) groups excluding carboxylic acids is 1. The average molecular weight is 524 g/mol. The van der Waals surface area contributed by atoms with Crippen LogP contribution in [0.4, 0.5) is 4.39 Å². The average Bonchev–Trinajstić information content (AvgIpc) is 3.55. The number of aryl methyl sites for hydroxylation is 1. The highest BCUT2D eigenvalue weighted by molar-refractivity contribution is 5.87. The standard InChI is InChI=1S/C28H30FN3O6/c1-3-35-27(34)28(19-7-9-20(29)10-8-19)11-13-32(14-12-28)16-21(33)17-36-23-5-4-6-24-22(23)15-25(38-24)26-31-30-18(2)37-26/h4-10,15,21,33H,3,11-14,16-17H2,1-2H3/t21-/m0/s1. The number of β-amino-alcohol motifs (C(OH)–C–C–N with tert-alkyl or cyclic N) is 1. The third-order valence-corrected chi connectivity index (χ3v) is 6.93. The molecule has 1 atom stereocenters. The summed E-state index contributed by atoms with van der Waals surface area (Å²) in [7, 11) is 0. The molecule has 0 spiro atoms. The Morgan fingerprint density at radius 3 is 2.61 bits per heavy atom. The SMILES string of the molecule is CCOC(=O)C1(c2ccc(F)cc2)CCN(C[C@H](O)COc2cccc3oc(-c4nnc(C)o4)cc23)CC1. The fraction of sp³-hybridized carbons (Fsp3) is 0.393. The maximum absolute atomic E-state index is 13.5. The van der Waals surface area contributed by atoms with Gasteiger partial charge in [0.2, 0.25) is 5.89 Å². The zero-order valence-electron chi connectivity index (χ0n) is 21.4. The summed E-state index contributed by atoms with van der Waals surface area (Å²) < 4.78 is 36.1. The van der Waals surface area contributed by atoms with Crippen LogP contribution in [-0.2, 0) is 14.9 Å². The van der Waals surface area contributed by atoms with Crippen LogP contribution in [0.2, 0.25) is 0 Å². The van der Waals surface area contributed by atoms with Crippen LogP contribution in [0.3, 0.4) is 0 Å². The van der Waals surface area contributed by atoms with E-state index >= 15 is 0 Å². The van der Waals surface area contributed by atoms with Crippen LogP contribution in [0, 0.1) is 12.7 Å². The van der Waals surface area contributed by atoms with Gasteiger partial charge in [-0.2, -0.15) is 0 Å². The molecule has 5 rings (SSSR count). The van der Waals surface area contributed by atoms with Crippen molar-refractivity contribution in [1.29, 1.82) is 0 Å². The van der Waals surface area contributed by atoms with Gasteiger partial charge in [0.15, 0.2) is 5.76 Å². The van der Waals surface area contributed by atoms with Crippen LogP contribution in [-0.4, -0.2) is 65.1 Å². The Hall–Kier alpha value is -3.76. The predicted molar refractivity (Wildman–Crippen MR) is 136 cm³/mol. The van der Waals surface area contributed by atoms with E-state index in [-0.39, 0.29) is 30.9 Å². The number of piperidine rings is 1. The van der Waals surface area contributed by atoms with Crippen molar-refractivity contribution in [3.05, 3.63) is 65.8 Å². The number of likely N-dealkylation sites (tertiary alicyclic amines) is 1. The molecule has 0 unspecified atom stereocenters. The molecule has 1 fully saturated rings. The Bertz CT molecular complexity index is 1390. The third kappa shape index (κ3) is 5.27. The first-order valence-electron chi connectivity index (χ1n) is 12.7. The number of fused-ring (bicyclic) bond motifs is 1. The first-order valence-corrected chi connectivity index (χ1v) is 12.7. The lowest BCUT2D eigenvalue weighted by Crippen LogP contribution is -2.50. The number of aromatic nitrogens is 2. The van der Waals surface area contributed by atoms with Crippen LogP contribution in [0.5, 0.6) is 5.75 Å². The highest BCUT2D eigenvalue weighted by Crippen LogP contribution is 2.37. The molecule has 0 radical (unpaired) electrons. The molecular weight excluding hydrogens is 493 g/mol. The van der Waals surface area contributed by atoms with E-state index in [1.54, 1.807) is 32.0 Å². The van der Waals surface area contributed by atoms with Crippen LogP contribution >= 0.6 is 0 Å². The number of hydrogen-bond donors (Lipinski definition) is 1. The van der Waals surface area contributed by atoms with Crippen molar-refractivity contribution in [3.63, 3.8) is 0 Å². The molecule has 1 N–H and O–H groups in total. The minimum absolute atomic E-state index is 0.0801. The van der Waals surface area contributed by atoms with Crippen molar-refractivity contribution in [2.75, 3.05) is 32.8 Å². The number of rotatable bonds is 9. The Balaban J connectivity index is 1.21. The zero-order valence-corrected chi connectivity index (χ0v) is 21.4. The van der Waals surface area contributed by atoms with Crippen molar-refractivity contribution in [2.24, 2.45) is 0 Å². The summed E-state index contributed by atoms with van der Waals surface area (Å²) in [6.07, 6.45) is 0.269. The zero-order chi connectivity index (χ0) is 26.7. The summed E-state index contributed by atoms with van der Waals surface area (Å²) in [4.78, 5) is 15.1. The van der Waals surface area contributed by atoms with Crippen LogP contribution in [0.25, 0.3) is 22.6 Å². The number of carbonyl (C=O) groups is 1. The van der Waals surface area contributed by atoms with Gasteiger partial charge >= 0.3 is 5.97 Å². The number of benzene rings is 2. The highest BCUT2D eigenvalue weighted by atomic mass is 19.1. The second kappa shape index (κ2) is 10.9. The molecule has 0 amide bonds. The maximum Gasteiger partial charge on any atom is 0.316 e. The summed E-state index contributed by atoms with van der Waals surface area (Å²) in [5, 5.41) is 19.3. The molecule has 2 aromatic heterocycles. The Morgan fingerprint density at radius 2 is 1.92 bits per heavy atom. The maximum atomic E-state index is 13.5. The first kappa shape index (κ1) is 25.9. The lowest BCUT2D eigenvalue weighted by atomic mass is 9.72. The van der Waals surface area contributed by atoms with Gasteiger partial charge in [0.25, 0.3) is 5.89 Å². The minimum atomic E-state index is -0.826. The monoisotopic (exact) mass is 523 g/mol. The number of aliphatic hydroxyl groups excluding tert-OH is 1. The molecule has 1 saturated heterocycles. The molecule has 0 saturated carbocycles. The third-order valence-electron chi connectivity index (χ3n) is 6.93. The first-order chi connectivity index (χ1) is 18.4. The van der Waals surface area contributed by atoms with E-state index in [4.69, 9.17) is 18.3 Å². The van der Waals surface area contributed by atoms with Crippen LogP contribution in [0.1, 0.15) is 31.2 Å². The topological polar surface area (TPSA) is 111 Å². The fourth-order valence-corrected chi connectivity index (χ4v) is 4.96. The van der Waals surface area contributed by atoms with Gasteiger partial charge in [0.05, 0.1) is 17.4 Å². The molecule has 1 aliphatic heterocycles. The molecule has 0 bridgehead atoms. The molecule has 2 aromatic carbocycles. The summed E-state index contributed by atoms with van der Waals surface area (Å²) in [5.41, 5.74) is 0.534. The fourth-order valence-electron chi connectivity index (χ4n) is 4.96. The normalized spacial score (nSPS) is 16.4. The second-order valence-electron chi connectivity index (χ2n) is 9.48. The smallest absolute Gasteiger partial charge is 0.316 e. The molecule has 4 aromatic rings. The van der Waals surface area contributed by atoms with Crippen molar-refractivity contribution < 1.29 is 32.6 Å². The van der Waals surface area contributed by atoms with E-state index in [1.165, 1.54) is 12.1 Å². The van der Waals surface area contributed by atoms with Gasteiger partial charge in [-0.25, -0.2) is 4.39 Å². The number of furan rings is 1. The molecule has 1 aliphatic rings. The largest absolute Gasteiger partial charge is 0.490 e. The predicted octanol–water partition coefficient (Wildman–Crippen LogP) is 4.27. The van der Waals surface area contributed by atoms with Crippen molar-refractivity contribution in [3.8, 4) is 17.4 Å². The Labute approximate surface area is 219 Å². The lowest BCUT2D eigenvalue weighted by molar-refractivity contribution is -0.152. The van der Waals surface area contributed by atoms with Gasteiger partial charge in [0.1, 0.15) is 29.9 Å². The molecular formula is C28H30FN3O6. The molecule has 38 heavy (non-hydrogen) atoms. The molecule has 3 heterocycles. The number of aliphatic hydroxyl groups is 1. The summed E-state index contributed by atoms with van der Waals surface area (Å²) >= 11 is 0. The summed E-state index contributed by atoms with van der Waals surface area (Å²) in [6, 6.07) is 13.3. The van der Waals surface area contributed by atoms with Crippen LogP contribution < -0.4 is 4.74 Å². The number of nitrogens with zero attached hydrogens (tertiary/aromatic N) is 3. The van der Waals surface area contributed by atoms with E-state index in [0.717, 1.165) is 10.9 Å². The second-order valence-corrected chi connectivity index (χ2v) is 9.48. The van der Waals surface area contributed by atoms with Gasteiger partial charge < -0.3 is 28.3 Å². The van der Waals surface area contributed by atoms with Crippen molar-refractivity contribution >= 4 is 16.9 Å². The van der Waals surface area contributed by atoms with E-state index in [0.29, 0.717) is 55.5 Å². The van der Waals surface area contributed by atoms with E-state index in [1.807, 2.05) is 18.2 Å². The summed E-state index contributed by atoms with van der Waals surface area (Å²) in [5.74, 6) is 1.10. The van der Waals surface area contributed by atoms with Crippen LogP contribution in [0.15, 0.2) is 57.4 Å². The quantitative estimate of drug-likeness (QED) is 0.322. The molecule has 200 valence electrons. The molecule has 9 nitrogen and oxygen atoms in total. The van der Waals surface area contributed by atoms with Gasteiger partial charge in [0, 0.05) is 19.5 Å². The van der Waals surface area contributed by atoms with E-state index in [9.17, 15) is 14.3 Å². The number of halogens is 1. The Morgan fingerprint density at radius 1 is 1.16 bits per heavy atom. The Kier molecular flexibility index (Phi) is 7.44. The minimum Gasteiger partial charge on any atom is -0.490 e. The van der Waals surface area contributed by atoms with Gasteiger partial charge in [-0.3, -0.25) is 4.79 Å². The molecule has 0 aliphatic carbocycles. The number of esters is 1. The summed E-state index contributed by atoms with van der Waals surface area (Å²) in [6.45, 7) is 5.39. The van der Waals surface area contributed by atoms with Gasteiger partial charge in [-0.15, -0.1) is 10.2 Å². The lowest BCUT2D eigenvalue weighted by Gasteiger charge is -2.40. The number of ether oxygens (including phenoxy) is 2. The van der Waals surface area contributed by atoms with Gasteiger partial charge in [-0.1, -0.05) is 18.2 Å². The van der Waals surface area contributed by atoms with E-state index in [2.05, 4.69) is 15.1 Å². The van der Waals surface area contributed by atoms with Gasteiger partial charge in [-0.05, 0) is 62.7 Å². The van der Waals surface area contributed by atoms with Crippen molar-refractivity contribution in [1.82, 2.24) is 15.1 Å².